The van der Waals surface area contributed by atoms with Crippen LogP contribution in [0.1, 0.15) is 17.2 Å². The summed E-state index contributed by atoms with van der Waals surface area (Å²) in [6, 6.07) is 4.32. The number of hydrogen-bond acceptors (Lipinski definition) is 3. The number of aryl methyl sites for hydroxylation is 1. The largest absolute Gasteiger partial charge is 0.494 e. The van der Waals surface area contributed by atoms with E-state index < -0.39 is 5.82 Å². The molecule has 0 fully saturated rings. The van der Waals surface area contributed by atoms with Crippen molar-refractivity contribution in [2.24, 2.45) is 12.8 Å². The third-order valence-electron chi connectivity index (χ3n) is 2.62. The van der Waals surface area contributed by atoms with Gasteiger partial charge in [0.1, 0.15) is 0 Å². The summed E-state index contributed by atoms with van der Waals surface area (Å²) in [6.07, 6.45) is 3.49. The Morgan fingerprint density at radius 3 is 2.71 bits per heavy atom. The molecule has 0 saturated heterocycles. The van der Waals surface area contributed by atoms with Crippen molar-refractivity contribution < 1.29 is 9.13 Å². The lowest BCUT2D eigenvalue weighted by Gasteiger charge is -2.11. The average Bonchev–Trinajstić information content (AvgIpc) is 2.75. The molecule has 1 aromatic carbocycles. The zero-order chi connectivity index (χ0) is 12.4. The Balaban J connectivity index is 2.31. The van der Waals surface area contributed by atoms with Crippen molar-refractivity contribution in [1.29, 1.82) is 0 Å². The number of halogens is 1. The van der Waals surface area contributed by atoms with E-state index in [2.05, 4.69) is 5.10 Å². The highest BCUT2D eigenvalue weighted by molar-refractivity contribution is 5.34. The monoisotopic (exact) mass is 235 g/mol. The second-order valence-corrected chi connectivity index (χ2v) is 3.82. The first kappa shape index (κ1) is 11.6. The van der Waals surface area contributed by atoms with Crippen molar-refractivity contribution in [1.82, 2.24) is 9.78 Å². The summed E-state index contributed by atoms with van der Waals surface area (Å²) in [7, 11) is 3.24. The van der Waals surface area contributed by atoms with Crippen LogP contribution in [0.25, 0.3) is 0 Å². The zero-order valence-electron chi connectivity index (χ0n) is 9.72. The van der Waals surface area contributed by atoms with E-state index in [1.54, 1.807) is 23.0 Å². The number of benzene rings is 1. The van der Waals surface area contributed by atoms with Gasteiger partial charge in [0, 0.05) is 18.8 Å². The Labute approximate surface area is 98.8 Å². The number of hydrogen-bond donors (Lipinski definition) is 1. The van der Waals surface area contributed by atoms with Crippen LogP contribution in [0.5, 0.6) is 5.75 Å². The van der Waals surface area contributed by atoms with E-state index in [4.69, 9.17) is 10.5 Å². The molecule has 0 aliphatic heterocycles. The molecule has 0 spiro atoms. The fourth-order valence-corrected chi connectivity index (χ4v) is 1.67. The number of nitrogens with zero attached hydrogens (tertiary/aromatic N) is 2. The van der Waals surface area contributed by atoms with Gasteiger partial charge in [0.15, 0.2) is 11.6 Å². The molecule has 5 heteroatoms. The maximum atomic E-state index is 13.5. The lowest BCUT2D eigenvalue weighted by atomic mass is 10.0. The van der Waals surface area contributed by atoms with Gasteiger partial charge in [0.2, 0.25) is 0 Å². The molecule has 0 aliphatic rings. The van der Waals surface area contributed by atoms with Crippen LogP contribution < -0.4 is 10.5 Å². The van der Waals surface area contributed by atoms with Crippen molar-refractivity contribution in [3.63, 3.8) is 0 Å². The Hall–Kier alpha value is -1.88. The first-order valence-corrected chi connectivity index (χ1v) is 5.19. The summed E-state index contributed by atoms with van der Waals surface area (Å²) in [5.41, 5.74) is 7.56. The number of ether oxygens (including phenoxy) is 1. The van der Waals surface area contributed by atoms with Gasteiger partial charge in [-0.25, -0.2) is 4.39 Å². The van der Waals surface area contributed by atoms with E-state index in [1.165, 1.54) is 13.2 Å². The van der Waals surface area contributed by atoms with E-state index in [-0.39, 0.29) is 11.8 Å². The van der Waals surface area contributed by atoms with E-state index in [0.29, 0.717) is 5.56 Å². The van der Waals surface area contributed by atoms with Gasteiger partial charge >= 0.3 is 0 Å². The predicted octanol–water partition coefficient (Wildman–Crippen LogP) is 1.62. The van der Waals surface area contributed by atoms with Crippen LogP contribution in [0.3, 0.4) is 0 Å². The summed E-state index contributed by atoms with van der Waals surface area (Å²) in [4.78, 5) is 0. The SMILES string of the molecule is COc1ccc([C@H](N)c2cnn(C)c2)cc1F. The third-order valence-corrected chi connectivity index (χ3v) is 2.62. The maximum Gasteiger partial charge on any atom is 0.165 e. The minimum Gasteiger partial charge on any atom is -0.494 e. The highest BCUT2D eigenvalue weighted by Crippen LogP contribution is 2.24. The van der Waals surface area contributed by atoms with Crippen LogP contribution >= 0.6 is 0 Å². The van der Waals surface area contributed by atoms with Gasteiger partial charge in [-0.2, -0.15) is 5.10 Å². The quantitative estimate of drug-likeness (QED) is 0.879. The van der Waals surface area contributed by atoms with Crippen LogP contribution in [0.4, 0.5) is 4.39 Å². The molecule has 2 rings (SSSR count). The molecule has 4 nitrogen and oxygen atoms in total. The van der Waals surface area contributed by atoms with Gasteiger partial charge in [0.25, 0.3) is 0 Å². The molecule has 0 amide bonds. The molecule has 2 aromatic rings. The van der Waals surface area contributed by atoms with E-state index in [9.17, 15) is 4.39 Å². The molecular formula is C12H14FN3O. The molecule has 1 atom stereocenters. The summed E-state index contributed by atoms with van der Waals surface area (Å²) in [5.74, 6) is -0.198. The van der Waals surface area contributed by atoms with Gasteiger partial charge < -0.3 is 10.5 Å². The minimum absolute atomic E-state index is 0.215. The molecule has 2 N–H and O–H groups in total. The lowest BCUT2D eigenvalue weighted by Crippen LogP contribution is -2.11. The fraction of sp³-hybridized carbons (Fsp3) is 0.250. The molecule has 0 radical (unpaired) electrons. The van der Waals surface area contributed by atoms with Gasteiger partial charge in [-0.1, -0.05) is 6.07 Å². The van der Waals surface area contributed by atoms with Gasteiger partial charge in [-0.05, 0) is 17.7 Å². The molecule has 0 aliphatic carbocycles. The third kappa shape index (κ3) is 2.29. The van der Waals surface area contributed by atoms with Crippen LogP contribution in [-0.2, 0) is 7.05 Å². The topological polar surface area (TPSA) is 53.1 Å². The number of nitrogens with two attached hydrogens (primary N) is 1. The van der Waals surface area contributed by atoms with Crippen LogP contribution in [0.2, 0.25) is 0 Å². The first-order chi connectivity index (χ1) is 8.11. The molecule has 1 aromatic heterocycles. The molecule has 90 valence electrons. The molecule has 0 saturated carbocycles. The van der Waals surface area contributed by atoms with E-state index in [0.717, 1.165) is 5.56 Å². The van der Waals surface area contributed by atoms with Crippen molar-refractivity contribution in [3.8, 4) is 5.75 Å². The minimum atomic E-state index is -0.413. The van der Waals surface area contributed by atoms with Crippen LogP contribution in [0.15, 0.2) is 30.6 Å². The first-order valence-electron chi connectivity index (χ1n) is 5.19. The Kier molecular flexibility index (Phi) is 3.10. The predicted molar refractivity (Wildman–Crippen MR) is 62.2 cm³/mol. The fourth-order valence-electron chi connectivity index (χ4n) is 1.67. The van der Waals surface area contributed by atoms with E-state index in [1.807, 2.05) is 13.2 Å². The van der Waals surface area contributed by atoms with Gasteiger partial charge in [-0.3, -0.25) is 4.68 Å². The molecule has 0 bridgehead atoms. The van der Waals surface area contributed by atoms with Gasteiger partial charge in [0.05, 0.1) is 19.3 Å². The number of methoxy groups -OCH3 is 1. The second-order valence-electron chi connectivity index (χ2n) is 3.82. The standard InChI is InChI=1S/C12H14FN3O/c1-16-7-9(6-15-16)12(14)8-3-4-11(17-2)10(13)5-8/h3-7,12H,14H2,1-2H3/t12-/m0/s1. The number of rotatable bonds is 3. The van der Waals surface area contributed by atoms with Crippen molar-refractivity contribution >= 4 is 0 Å². The van der Waals surface area contributed by atoms with Crippen molar-refractivity contribution in [2.75, 3.05) is 7.11 Å². The lowest BCUT2D eigenvalue weighted by molar-refractivity contribution is 0.386. The zero-order valence-corrected chi connectivity index (χ0v) is 9.72. The molecule has 1 heterocycles. The van der Waals surface area contributed by atoms with Crippen LogP contribution in [-0.4, -0.2) is 16.9 Å². The summed E-state index contributed by atoms with van der Waals surface area (Å²) in [5, 5.41) is 4.04. The number of aromatic nitrogens is 2. The smallest absolute Gasteiger partial charge is 0.165 e. The highest BCUT2D eigenvalue weighted by Gasteiger charge is 2.13. The maximum absolute atomic E-state index is 13.5. The summed E-state index contributed by atoms with van der Waals surface area (Å²) in [6.45, 7) is 0. The van der Waals surface area contributed by atoms with Crippen molar-refractivity contribution in [3.05, 3.63) is 47.5 Å². The average molecular weight is 235 g/mol. The molecule has 0 unspecified atom stereocenters. The Morgan fingerprint density at radius 1 is 1.41 bits per heavy atom. The van der Waals surface area contributed by atoms with Crippen molar-refractivity contribution in [2.45, 2.75) is 6.04 Å². The summed E-state index contributed by atoms with van der Waals surface area (Å²) >= 11 is 0. The Morgan fingerprint density at radius 2 is 2.18 bits per heavy atom. The van der Waals surface area contributed by atoms with Crippen LogP contribution in [0, 0.1) is 5.82 Å². The highest BCUT2D eigenvalue weighted by atomic mass is 19.1. The molecule has 17 heavy (non-hydrogen) atoms. The summed E-state index contributed by atoms with van der Waals surface area (Å²) < 4.78 is 20.0. The van der Waals surface area contributed by atoms with Gasteiger partial charge in [-0.15, -0.1) is 0 Å². The molecular weight excluding hydrogens is 221 g/mol. The normalized spacial score (nSPS) is 12.5. The second kappa shape index (κ2) is 4.55. The Bertz CT molecular complexity index is 524. The van der Waals surface area contributed by atoms with E-state index >= 15 is 0 Å².